The lowest BCUT2D eigenvalue weighted by molar-refractivity contribution is -0.141. The quantitative estimate of drug-likeness (QED) is 0.530. The average Bonchev–Trinajstić information content (AvgIpc) is 3.25. The van der Waals surface area contributed by atoms with Crippen LogP contribution in [0.15, 0.2) is 60.9 Å². The summed E-state index contributed by atoms with van der Waals surface area (Å²) >= 11 is 5.98. The molecule has 2 N–H and O–H groups in total. The number of nitrogens with one attached hydrogen (secondary N) is 1. The van der Waals surface area contributed by atoms with Gasteiger partial charge in [-0.15, -0.1) is 0 Å². The van der Waals surface area contributed by atoms with Crippen molar-refractivity contribution in [2.75, 3.05) is 5.32 Å². The van der Waals surface area contributed by atoms with Gasteiger partial charge in [0.25, 0.3) is 0 Å². The van der Waals surface area contributed by atoms with Gasteiger partial charge in [-0.1, -0.05) is 41.9 Å². The van der Waals surface area contributed by atoms with Gasteiger partial charge in [0.2, 0.25) is 5.95 Å². The lowest BCUT2D eigenvalue weighted by Gasteiger charge is -2.10. The number of benzene rings is 2. The molecular weight excluding hydrogens is 402 g/mol. The molecule has 1 aromatic heterocycles. The molecule has 0 bridgehead atoms. The normalized spacial score (nSPS) is 18.2. The molecule has 6 nitrogen and oxygen atoms in total. The monoisotopic (exact) mass is 421 g/mol. The third-order valence-electron chi connectivity index (χ3n) is 5.39. The topological polar surface area (TPSA) is 92.2 Å². The first kappa shape index (κ1) is 20.0. The Morgan fingerprint density at radius 2 is 1.67 bits per heavy atom. The van der Waals surface area contributed by atoms with Crippen LogP contribution in [0.4, 0.5) is 11.6 Å². The zero-order valence-electron chi connectivity index (χ0n) is 16.1. The molecule has 2 atom stereocenters. The molecule has 1 fully saturated rings. The van der Waals surface area contributed by atoms with E-state index >= 15 is 0 Å². The number of aromatic nitrogens is 2. The predicted molar refractivity (Wildman–Crippen MR) is 115 cm³/mol. The van der Waals surface area contributed by atoms with Crippen LogP contribution in [-0.2, 0) is 4.79 Å². The van der Waals surface area contributed by atoms with Crippen molar-refractivity contribution in [3.63, 3.8) is 0 Å². The fraction of sp³-hybridized carbons (Fsp3) is 0.217. The van der Waals surface area contributed by atoms with Gasteiger partial charge in [-0.05, 0) is 43.0 Å². The van der Waals surface area contributed by atoms with Gasteiger partial charge >= 0.3 is 5.97 Å². The van der Waals surface area contributed by atoms with Crippen molar-refractivity contribution in [1.82, 2.24) is 9.97 Å². The van der Waals surface area contributed by atoms with E-state index in [9.17, 15) is 9.59 Å². The molecule has 152 valence electrons. The SMILES string of the molecule is O=C(O)C1CC[C@H](C(=O)c2ccc(-c3cnc(Nc4cccc(Cl)c4)nc3)cc2)C1. The predicted octanol–water partition coefficient (Wildman–Crippen LogP) is 5.22. The van der Waals surface area contributed by atoms with Crippen molar-refractivity contribution < 1.29 is 14.7 Å². The second-order valence-electron chi connectivity index (χ2n) is 7.42. The van der Waals surface area contributed by atoms with Crippen LogP contribution in [0, 0.1) is 11.8 Å². The van der Waals surface area contributed by atoms with Gasteiger partial charge in [-0.2, -0.15) is 0 Å². The molecule has 1 heterocycles. The van der Waals surface area contributed by atoms with Crippen LogP contribution in [-0.4, -0.2) is 26.8 Å². The molecule has 1 unspecified atom stereocenters. The highest BCUT2D eigenvalue weighted by molar-refractivity contribution is 6.30. The number of carbonyl (C=O) groups is 2. The lowest BCUT2D eigenvalue weighted by Crippen LogP contribution is -2.14. The molecule has 1 saturated carbocycles. The molecule has 30 heavy (non-hydrogen) atoms. The number of Topliss-reactive ketones (excluding diaryl/α,β-unsaturated/α-hetero) is 1. The number of carboxylic acid groups (broad SMARTS) is 1. The Labute approximate surface area is 179 Å². The highest BCUT2D eigenvalue weighted by Crippen LogP contribution is 2.33. The number of anilines is 2. The fourth-order valence-corrected chi connectivity index (χ4v) is 3.93. The number of hydrogen-bond donors (Lipinski definition) is 2. The molecule has 1 aliphatic carbocycles. The number of hydrogen-bond acceptors (Lipinski definition) is 5. The number of carboxylic acids is 1. The molecule has 0 radical (unpaired) electrons. The molecule has 1 aliphatic rings. The van der Waals surface area contributed by atoms with Crippen LogP contribution in [0.25, 0.3) is 11.1 Å². The summed E-state index contributed by atoms with van der Waals surface area (Å²) in [6.45, 7) is 0. The molecule has 0 spiro atoms. The van der Waals surface area contributed by atoms with E-state index in [2.05, 4.69) is 15.3 Å². The molecule has 0 amide bonds. The van der Waals surface area contributed by atoms with Gasteiger partial charge < -0.3 is 10.4 Å². The molecule has 0 saturated heterocycles. The van der Waals surface area contributed by atoms with Crippen LogP contribution in [0.5, 0.6) is 0 Å². The van der Waals surface area contributed by atoms with Gasteiger partial charge in [-0.3, -0.25) is 9.59 Å². The first-order valence-electron chi connectivity index (χ1n) is 9.71. The number of ketones is 1. The van der Waals surface area contributed by atoms with Crippen molar-refractivity contribution in [3.05, 3.63) is 71.5 Å². The van der Waals surface area contributed by atoms with Gasteiger partial charge in [-0.25, -0.2) is 9.97 Å². The first-order chi connectivity index (χ1) is 14.5. The summed E-state index contributed by atoms with van der Waals surface area (Å²) in [7, 11) is 0. The molecule has 7 heteroatoms. The summed E-state index contributed by atoms with van der Waals surface area (Å²) in [5.41, 5.74) is 3.14. The van der Waals surface area contributed by atoms with Gasteiger partial charge in [0, 0.05) is 40.1 Å². The average molecular weight is 422 g/mol. The van der Waals surface area contributed by atoms with Crippen LogP contribution >= 0.6 is 11.6 Å². The van der Waals surface area contributed by atoms with E-state index < -0.39 is 11.9 Å². The Morgan fingerprint density at radius 1 is 0.967 bits per heavy atom. The molecule has 0 aliphatic heterocycles. The molecular formula is C23H20ClN3O3. The highest BCUT2D eigenvalue weighted by Gasteiger charge is 2.34. The Kier molecular flexibility index (Phi) is 5.77. The maximum absolute atomic E-state index is 12.7. The summed E-state index contributed by atoms with van der Waals surface area (Å²) in [6, 6.07) is 14.6. The summed E-state index contributed by atoms with van der Waals surface area (Å²) in [5, 5.41) is 12.9. The van der Waals surface area contributed by atoms with E-state index in [4.69, 9.17) is 16.7 Å². The maximum atomic E-state index is 12.7. The number of halogens is 1. The van der Waals surface area contributed by atoms with Crippen LogP contribution in [0.3, 0.4) is 0 Å². The first-order valence-corrected chi connectivity index (χ1v) is 10.1. The van der Waals surface area contributed by atoms with E-state index in [1.165, 1.54) is 0 Å². The van der Waals surface area contributed by atoms with E-state index in [0.29, 0.717) is 35.8 Å². The minimum atomic E-state index is -0.811. The summed E-state index contributed by atoms with van der Waals surface area (Å²) in [6.07, 6.45) is 5.05. The second-order valence-corrected chi connectivity index (χ2v) is 7.85. The zero-order valence-corrected chi connectivity index (χ0v) is 16.8. The van der Waals surface area contributed by atoms with Crippen LogP contribution < -0.4 is 5.32 Å². The molecule has 3 aromatic rings. The van der Waals surface area contributed by atoms with Gasteiger partial charge in [0.1, 0.15) is 0 Å². The standard InChI is InChI=1S/C23H20ClN3O3/c24-19-2-1-3-20(11-19)27-23-25-12-18(13-26-23)14-4-6-15(7-5-14)21(28)16-8-9-17(10-16)22(29)30/h1-7,11-13,16-17H,8-10H2,(H,29,30)(H,25,26,27)/t16-,17?/m0/s1. The third kappa shape index (κ3) is 4.49. The van der Waals surface area contributed by atoms with Crippen molar-refractivity contribution in [1.29, 1.82) is 0 Å². The summed E-state index contributed by atoms with van der Waals surface area (Å²) in [4.78, 5) is 32.5. The van der Waals surface area contributed by atoms with E-state index in [0.717, 1.165) is 16.8 Å². The number of carbonyl (C=O) groups excluding carboxylic acids is 1. The van der Waals surface area contributed by atoms with Crippen molar-refractivity contribution in [2.24, 2.45) is 11.8 Å². The maximum Gasteiger partial charge on any atom is 0.306 e. The van der Waals surface area contributed by atoms with Crippen LogP contribution in [0.2, 0.25) is 5.02 Å². The minimum absolute atomic E-state index is 0.0163. The fourth-order valence-electron chi connectivity index (χ4n) is 3.74. The second kappa shape index (κ2) is 8.63. The number of nitrogens with zero attached hydrogens (tertiary/aromatic N) is 2. The molecule has 2 aromatic carbocycles. The van der Waals surface area contributed by atoms with Crippen molar-refractivity contribution in [3.8, 4) is 11.1 Å². The van der Waals surface area contributed by atoms with Gasteiger partial charge in [0.15, 0.2) is 5.78 Å². The molecule has 4 rings (SSSR count). The van der Waals surface area contributed by atoms with Crippen LogP contribution in [0.1, 0.15) is 29.6 Å². The smallest absolute Gasteiger partial charge is 0.306 e. The van der Waals surface area contributed by atoms with Crippen molar-refractivity contribution in [2.45, 2.75) is 19.3 Å². The Bertz CT molecular complexity index is 1070. The largest absolute Gasteiger partial charge is 0.481 e. The Morgan fingerprint density at radius 3 is 2.30 bits per heavy atom. The minimum Gasteiger partial charge on any atom is -0.481 e. The summed E-state index contributed by atoms with van der Waals surface area (Å²) < 4.78 is 0. The third-order valence-corrected chi connectivity index (χ3v) is 5.62. The van der Waals surface area contributed by atoms with E-state index in [-0.39, 0.29) is 11.7 Å². The highest BCUT2D eigenvalue weighted by atomic mass is 35.5. The van der Waals surface area contributed by atoms with E-state index in [1.807, 2.05) is 24.3 Å². The van der Waals surface area contributed by atoms with Crippen molar-refractivity contribution >= 4 is 35.0 Å². The number of rotatable bonds is 6. The lowest BCUT2D eigenvalue weighted by atomic mass is 9.94. The van der Waals surface area contributed by atoms with E-state index in [1.54, 1.807) is 36.7 Å². The Hall–Kier alpha value is -3.25. The summed E-state index contributed by atoms with van der Waals surface area (Å²) in [5.74, 6) is -0.954. The zero-order chi connectivity index (χ0) is 21.1. The van der Waals surface area contributed by atoms with Gasteiger partial charge in [0.05, 0.1) is 5.92 Å². The Balaban J connectivity index is 1.42. The number of aliphatic carboxylic acids is 1.